The number of aromatic amines is 1. The van der Waals surface area contributed by atoms with E-state index in [0.29, 0.717) is 18.7 Å². The summed E-state index contributed by atoms with van der Waals surface area (Å²) in [5.74, 6) is 0.100. The van der Waals surface area contributed by atoms with E-state index in [9.17, 15) is 4.79 Å². The van der Waals surface area contributed by atoms with Gasteiger partial charge >= 0.3 is 4.87 Å². The first-order chi connectivity index (χ1) is 9.60. The maximum Gasteiger partial charge on any atom is 0.304 e. The van der Waals surface area contributed by atoms with Crippen molar-refractivity contribution in [3.8, 4) is 0 Å². The van der Waals surface area contributed by atoms with Crippen LogP contribution in [0.5, 0.6) is 0 Å². The largest absolute Gasteiger partial charge is 0.409 e. The molecule has 5 N–H and O–H groups in total. The van der Waals surface area contributed by atoms with E-state index in [1.165, 1.54) is 0 Å². The van der Waals surface area contributed by atoms with Gasteiger partial charge in [0.2, 0.25) is 0 Å². The van der Waals surface area contributed by atoms with Gasteiger partial charge in [0.25, 0.3) is 0 Å². The first-order valence-electron chi connectivity index (χ1n) is 6.05. The summed E-state index contributed by atoms with van der Waals surface area (Å²) in [5.41, 5.74) is 9.29. The van der Waals surface area contributed by atoms with Crippen molar-refractivity contribution in [1.29, 1.82) is 0 Å². The fourth-order valence-electron chi connectivity index (χ4n) is 1.84. The molecule has 0 bridgehead atoms. The Labute approximate surface area is 120 Å². The quantitative estimate of drug-likeness (QED) is 0.287. The molecule has 1 aromatic carbocycles. The number of H-pyrrole nitrogens is 1. The summed E-state index contributed by atoms with van der Waals surface area (Å²) in [5, 5.41) is 16.7. The molecule has 0 aliphatic rings. The average molecular weight is 292 g/mol. The second-order valence-electron chi connectivity index (χ2n) is 4.40. The Balaban J connectivity index is 1.98. The Bertz CT molecular complexity index is 675. The van der Waals surface area contributed by atoms with Gasteiger partial charge in [0.05, 0.1) is 0 Å². The summed E-state index contributed by atoms with van der Waals surface area (Å²) in [6.45, 7) is 3.26. The number of rotatable bonds is 5. The van der Waals surface area contributed by atoms with Gasteiger partial charge in [-0.1, -0.05) is 28.6 Å². The molecule has 7 heteroatoms. The summed E-state index contributed by atoms with van der Waals surface area (Å²) >= 11 is 1.16. The standard InChI is InChI=1S/C13H16N4O2S/c1-8-4-9(12(14)17-19)2-3-10(8)5-15-6-11-7-20-13(18)16-11/h2-4,7,15,19H,5-6H2,1H3,(H2,14,17)(H,16,18). The van der Waals surface area contributed by atoms with Crippen LogP contribution in [0.3, 0.4) is 0 Å². The minimum Gasteiger partial charge on any atom is -0.409 e. The van der Waals surface area contributed by atoms with Crippen molar-refractivity contribution in [1.82, 2.24) is 10.3 Å². The highest BCUT2D eigenvalue weighted by atomic mass is 32.1. The lowest BCUT2D eigenvalue weighted by molar-refractivity contribution is 0.318. The van der Waals surface area contributed by atoms with Crippen molar-refractivity contribution in [3.05, 3.63) is 55.6 Å². The third kappa shape index (κ3) is 3.46. The Hall–Kier alpha value is -2.12. The Morgan fingerprint density at radius 3 is 2.90 bits per heavy atom. The highest BCUT2D eigenvalue weighted by Gasteiger charge is 2.04. The van der Waals surface area contributed by atoms with E-state index in [1.54, 1.807) is 0 Å². The molecule has 106 valence electrons. The number of thiazole rings is 1. The molecule has 1 heterocycles. The minimum absolute atomic E-state index is 0.0406. The van der Waals surface area contributed by atoms with Gasteiger partial charge in [-0.15, -0.1) is 0 Å². The summed E-state index contributed by atoms with van der Waals surface area (Å²) in [7, 11) is 0. The molecule has 0 aliphatic heterocycles. The smallest absolute Gasteiger partial charge is 0.304 e. The normalized spacial score (nSPS) is 11.8. The second-order valence-corrected chi connectivity index (χ2v) is 5.25. The molecule has 2 aromatic rings. The maximum atomic E-state index is 11.0. The number of aromatic nitrogens is 1. The molecule has 2 rings (SSSR count). The third-order valence-electron chi connectivity index (χ3n) is 2.95. The monoisotopic (exact) mass is 292 g/mol. The molecule has 0 unspecified atom stereocenters. The zero-order chi connectivity index (χ0) is 14.5. The van der Waals surface area contributed by atoms with Crippen LogP contribution in [0, 0.1) is 6.92 Å². The highest BCUT2D eigenvalue weighted by molar-refractivity contribution is 7.07. The molecule has 0 saturated carbocycles. The molecule has 0 amide bonds. The van der Waals surface area contributed by atoms with Gasteiger partial charge in [-0.2, -0.15) is 0 Å². The number of oxime groups is 1. The maximum absolute atomic E-state index is 11.0. The van der Waals surface area contributed by atoms with Gasteiger partial charge in [-0.3, -0.25) is 4.79 Å². The van der Waals surface area contributed by atoms with E-state index in [2.05, 4.69) is 15.5 Å². The molecule has 6 nitrogen and oxygen atoms in total. The molecule has 0 spiro atoms. The van der Waals surface area contributed by atoms with E-state index in [4.69, 9.17) is 10.9 Å². The molecule has 1 aromatic heterocycles. The molecule has 0 radical (unpaired) electrons. The summed E-state index contributed by atoms with van der Waals surface area (Å²) in [4.78, 5) is 13.7. The van der Waals surface area contributed by atoms with Crippen molar-refractivity contribution in [2.24, 2.45) is 10.9 Å². The fourth-order valence-corrected chi connectivity index (χ4v) is 2.43. The van der Waals surface area contributed by atoms with Crippen LogP contribution in [0.2, 0.25) is 0 Å². The SMILES string of the molecule is Cc1cc(/C(N)=N/O)ccc1CNCc1csc(=O)[nH]1. The molecule has 0 saturated heterocycles. The van der Waals surface area contributed by atoms with Crippen LogP contribution in [0.4, 0.5) is 0 Å². The van der Waals surface area contributed by atoms with E-state index in [0.717, 1.165) is 28.2 Å². The van der Waals surface area contributed by atoms with Gasteiger partial charge in [0.1, 0.15) is 0 Å². The van der Waals surface area contributed by atoms with Crippen molar-refractivity contribution in [3.63, 3.8) is 0 Å². The highest BCUT2D eigenvalue weighted by Crippen LogP contribution is 2.11. The van der Waals surface area contributed by atoms with Crippen molar-refractivity contribution >= 4 is 17.2 Å². The van der Waals surface area contributed by atoms with Crippen molar-refractivity contribution < 1.29 is 5.21 Å². The zero-order valence-corrected chi connectivity index (χ0v) is 11.8. The van der Waals surface area contributed by atoms with E-state index in [-0.39, 0.29) is 10.7 Å². The molecular weight excluding hydrogens is 276 g/mol. The Kier molecular flexibility index (Phi) is 4.54. The molecule has 0 aliphatic carbocycles. The van der Waals surface area contributed by atoms with Crippen LogP contribution in [0.1, 0.15) is 22.4 Å². The predicted octanol–water partition coefficient (Wildman–Crippen LogP) is 1.13. The number of nitrogens with one attached hydrogen (secondary N) is 2. The Morgan fingerprint density at radius 2 is 2.30 bits per heavy atom. The summed E-state index contributed by atoms with van der Waals surface area (Å²) < 4.78 is 0. The van der Waals surface area contributed by atoms with Crippen LogP contribution < -0.4 is 15.9 Å². The van der Waals surface area contributed by atoms with Gasteiger partial charge < -0.3 is 21.2 Å². The third-order valence-corrected chi connectivity index (χ3v) is 3.67. The van der Waals surface area contributed by atoms with Gasteiger partial charge in [-0.05, 0) is 24.1 Å². The summed E-state index contributed by atoms with van der Waals surface area (Å²) in [6, 6.07) is 5.62. The fraction of sp³-hybridized carbons (Fsp3) is 0.231. The van der Waals surface area contributed by atoms with Gasteiger partial charge in [-0.25, -0.2) is 0 Å². The first-order valence-corrected chi connectivity index (χ1v) is 6.93. The van der Waals surface area contributed by atoms with Crippen LogP contribution in [0.25, 0.3) is 0 Å². The van der Waals surface area contributed by atoms with Gasteiger partial charge in [0.15, 0.2) is 5.84 Å². The lowest BCUT2D eigenvalue weighted by Crippen LogP contribution is -2.16. The summed E-state index contributed by atoms with van der Waals surface area (Å²) in [6.07, 6.45) is 0. The average Bonchev–Trinajstić information content (AvgIpc) is 2.85. The van der Waals surface area contributed by atoms with Crippen LogP contribution in [0.15, 0.2) is 33.5 Å². The first kappa shape index (κ1) is 14.3. The number of amidine groups is 1. The molecule has 20 heavy (non-hydrogen) atoms. The number of aryl methyl sites for hydroxylation is 1. The lowest BCUT2D eigenvalue weighted by atomic mass is 10.0. The van der Waals surface area contributed by atoms with Crippen LogP contribution >= 0.6 is 11.3 Å². The second kappa shape index (κ2) is 6.36. The molecule has 0 fully saturated rings. The lowest BCUT2D eigenvalue weighted by Gasteiger charge is -2.09. The van der Waals surface area contributed by atoms with Crippen LogP contribution in [-0.2, 0) is 13.1 Å². The predicted molar refractivity (Wildman–Crippen MR) is 79.2 cm³/mol. The number of hydrogen-bond acceptors (Lipinski definition) is 5. The number of nitrogens with zero attached hydrogens (tertiary/aromatic N) is 1. The van der Waals surface area contributed by atoms with E-state index < -0.39 is 0 Å². The Morgan fingerprint density at radius 1 is 1.50 bits per heavy atom. The molecular formula is C13H16N4O2S. The topological polar surface area (TPSA) is 104 Å². The van der Waals surface area contributed by atoms with Gasteiger partial charge in [0, 0.05) is 29.7 Å². The van der Waals surface area contributed by atoms with Crippen molar-refractivity contribution in [2.45, 2.75) is 20.0 Å². The number of hydrogen-bond donors (Lipinski definition) is 4. The molecule has 0 atom stereocenters. The van der Waals surface area contributed by atoms with E-state index >= 15 is 0 Å². The number of benzene rings is 1. The minimum atomic E-state index is -0.0406. The van der Waals surface area contributed by atoms with Crippen LogP contribution in [-0.4, -0.2) is 16.0 Å². The number of nitrogens with two attached hydrogens (primary N) is 1. The van der Waals surface area contributed by atoms with E-state index in [1.807, 2.05) is 30.5 Å². The van der Waals surface area contributed by atoms with Crippen molar-refractivity contribution in [2.75, 3.05) is 0 Å². The zero-order valence-electron chi connectivity index (χ0n) is 11.0.